The molecule has 4 rings (SSSR count). The van der Waals surface area contributed by atoms with E-state index in [-0.39, 0.29) is 11.9 Å². The highest BCUT2D eigenvalue weighted by atomic mass is 16.4. The van der Waals surface area contributed by atoms with E-state index in [2.05, 4.69) is 27.3 Å². The maximum absolute atomic E-state index is 13.4. The molecule has 0 radical (unpaired) electrons. The second kappa shape index (κ2) is 10.9. The summed E-state index contributed by atoms with van der Waals surface area (Å²) in [4.78, 5) is 31.6. The minimum atomic E-state index is -1.00. The third-order valence-electron chi connectivity index (χ3n) is 6.06. The molecule has 174 valence electrons. The van der Waals surface area contributed by atoms with Gasteiger partial charge in [-0.05, 0) is 37.9 Å². The Morgan fingerprint density at radius 3 is 2.35 bits per heavy atom. The predicted octanol–water partition coefficient (Wildman–Crippen LogP) is 4.60. The van der Waals surface area contributed by atoms with Crippen molar-refractivity contribution in [1.82, 2.24) is 4.90 Å². The number of para-hydroxylation sites is 1. The fourth-order valence-corrected chi connectivity index (χ4v) is 4.29. The summed E-state index contributed by atoms with van der Waals surface area (Å²) >= 11 is 0. The molecule has 0 aliphatic carbocycles. The number of carbonyl (C=O) groups is 2. The maximum Gasteiger partial charge on any atom is 0.328 e. The van der Waals surface area contributed by atoms with Crippen LogP contribution in [0.5, 0.6) is 0 Å². The van der Waals surface area contributed by atoms with Crippen LogP contribution < -0.4 is 5.32 Å². The standard InChI is InChI=1S/C28H29N3O3/c1-20(28(33)34)29-26(22-13-6-3-7-14-22)23-15-8-9-16-24(23)30-27(32)25-17-10-18-31(25)19-21-11-4-2-5-12-21/h2-9,11-16,20,25H,10,17-19H2,1H3,(H,30,32)(H,33,34)/t20-,25+/m1/s1. The second-order valence-corrected chi connectivity index (χ2v) is 8.51. The highest BCUT2D eigenvalue weighted by Crippen LogP contribution is 2.25. The Hall–Kier alpha value is -3.77. The van der Waals surface area contributed by atoms with Gasteiger partial charge in [0.05, 0.1) is 17.4 Å². The van der Waals surface area contributed by atoms with Gasteiger partial charge >= 0.3 is 5.97 Å². The van der Waals surface area contributed by atoms with E-state index in [9.17, 15) is 14.7 Å². The summed E-state index contributed by atoms with van der Waals surface area (Å²) in [6, 6.07) is 25.9. The Kier molecular flexibility index (Phi) is 7.50. The number of amides is 1. The molecule has 1 aliphatic rings. The van der Waals surface area contributed by atoms with E-state index < -0.39 is 12.0 Å². The van der Waals surface area contributed by atoms with E-state index in [0.29, 0.717) is 17.0 Å². The molecule has 0 aromatic heterocycles. The van der Waals surface area contributed by atoms with E-state index in [1.165, 1.54) is 5.56 Å². The zero-order valence-electron chi connectivity index (χ0n) is 19.2. The third kappa shape index (κ3) is 5.58. The van der Waals surface area contributed by atoms with E-state index in [1.54, 1.807) is 6.92 Å². The first-order chi connectivity index (χ1) is 16.5. The zero-order valence-corrected chi connectivity index (χ0v) is 19.2. The molecule has 1 amide bonds. The normalized spacial score (nSPS) is 17.3. The average Bonchev–Trinajstić information content (AvgIpc) is 3.32. The largest absolute Gasteiger partial charge is 0.480 e. The van der Waals surface area contributed by atoms with Crippen molar-refractivity contribution in [2.75, 3.05) is 11.9 Å². The molecular weight excluding hydrogens is 426 g/mol. The molecule has 0 bridgehead atoms. The van der Waals surface area contributed by atoms with Crippen molar-refractivity contribution in [2.24, 2.45) is 4.99 Å². The summed E-state index contributed by atoms with van der Waals surface area (Å²) in [5, 5.41) is 12.6. The molecule has 6 heteroatoms. The third-order valence-corrected chi connectivity index (χ3v) is 6.06. The van der Waals surface area contributed by atoms with Gasteiger partial charge in [-0.25, -0.2) is 4.79 Å². The number of nitrogens with one attached hydrogen (secondary N) is 1. The van der Waals surface area contributed by atoms with E-state index in [0.717, 1.165) is 31.5 Å². The number of carboxylic acid groups (broad SMARTS) is 1. The highest BCUT2D eigenvalue weighted by Gasteiger charge is 2.31. The molecule has 34 heavy (non-hydrogen) atoms. The number of rotatable bonds is 8. The topological polar surface area (TPSA) is 82.0 Å². The number of carboxylic acids is 1. The number of carbonyl (C=O) groups excluding carboxylic acids is 1. The van der Waals surface area contributed by atoms with Gasteiger partial charge in [0.1, 0.15) is 6.04 Å². The van der Waals surface area contributed by atoms with Gasteiger partial charge in [0.25, 0.3) is 0 Å². The lowest BCUT2D eigenvalue weighted by molar-refractivity contribution is -0.138. The summed E-state index contributed by atoms with van der Waals surface area (Å²) in [5.74, 6) is -1.06. The van der Waals surface area contributed by atoms with Gasteiger partial charge in [0.2, 0.25) is 5.91 Å². The van der Waals surface area contributed by atoms with Gasteiger partial charge in [-0.2, -0.15) is 0 Å². The lowest BCUT2D eigenvalue weighted by Gasteiger charge is -2.24. The van der Waals surface area contributed by atoms with Crippen LogP contribution >= 0.6 is 0 Å². The zero-order chi connectivity index (χ0) is 23.9. The SMILES string of the molecule is C[C@@H](N=C(c1ccccc1)c1ccccc1NC(=O)[C@@H]1CCCN1Cc1ccccc1)C(=O)O. The van der Waals surface area contributed by atoms with Gasteiger partial charge in [-0.15, -0.1) is 0 Å². The van der Waals surface area contributed by atoms with Gasteiger partial charge < -0.3 is 10.4 Å². The smallest absolute Gasteiger partial charge is 0.328 e. The molecular formula is C28H29N3O3. The number of hydrogen-bond acceptors (Lipinski definition) is 4. The van der Waals surface area contributed by atoms with Gasteiger partial charge in [-0.1, -0.05) is 78.9 Å². The van der Waals surface area contributed by atoms with Crippen LogP contribution in [-0.2, 0) is 16.1 Å². The van der Waals surface area contributed by atoms with Crippen LogP contribution in [0.3, 0.4) is 0 Å². The maximum atomic E-state index is 13.4. The summed E-state index contributed by atoms with van der Waals surface area (Å²) in [6.45, 7) is 3.15. The van der Waals surface area contributed by atoms with Crippen molar-refractivity contribution in [2.45, 2.75) is 38.4 Å². The van der Waals surface area contributed by atoms with Crippen LogP contribution in [0.2, 0.25) is 0 Å². The van der Waals surface area contributed by atoms with Crippen molar-refractivity contribution < 1.29 is 14.7 Å². The molecule has 0 saturated carbocycles. The molecule has 1 aliphatic heterocycles. The number of anilines is 1. The Labute approximate surface area is 200 Å². The van der Waals surface area contributed by atoms with Gasteiger partial charge in [0.15, 0.2) is 0 Å². The Balaban J connectivity index is 1.61. The van der Waals surface area contributed by atoms with Crippen LogP contribution in [0.1, 0.15) is 36.5 Å². The first-order valence-corrected chi connectivity index (χ1v) is 11.6. The minimum Gasteiger partial charge on any atom is -0.480 e. The molecule has 2 N–H and O–H groups in total. The number of aliphatic imine (C=N–C) groups is 1. The molecule has 0 spiro atoms. The molecule has 3 aromatic carbocycles. The number of nitrogens with zero attached hydrogens (tertiary/aromatic N) is 2. The number of benzene rings is 3. The molecule has 1 saturated heterocycles. The second-order valence-electron chi connectivity index (χ2n) is 8.51. The molecule has 0 unspecified atom stereocenters. The highest BCUT2D eigenvalue weighted by molar-refractivity contribution is 6.17. The number of likely N-dealkylation sites (tertiary alicyclic amines) is 1. The van der Waals surface area contributed by atoms with Gasteiger partial charge in [0, 0.05) is 17.7 Å². The minimum absolute atomic E-state index is 0.0559. The summed E-state index contributed by atoms with van der Waals surface area (Å²) in [5.41, 5.74) is 3.84. The lowest BCUT2D eigenvalue weighted by Crippen LogP contribution is -2.39. The first-order valence-electron chi connectivity index (χ1n) is 11.6. The van der Waals surface area contributed by atoms with Crippen LogP contribution in [0.25, 0.3) is 0 Å². The lowest BCUT2D eigenvalue weighted by atomic mass is 9.99. The summed E-state index contributed by atoms with van der Waals surface area (Å²) in [6.07, 6.45) is 1.77. The first kappa shape index (κ1) is 23.4. The van der Waals surface area contributed by atoms with Crippen LogP contribution in [0.15, 0.2) is 89.9 Å². The predicted molar refractivity (Wildman–Crippen MR) is 134 cm³/mol. The van der Waals surface area contributed by atoms with Crippen LogP contribution in [-0.4, -0.2) is 46.2 Å². The van der Waals surface area contributed by atoms with E-state index >= 15 is 0 Å². The Morgan fingerprint density at radius 2 is 1.65 bits per heavy atom. The number of aliphatic carboxylic acids is 1. The summed E-state index contributed by atoms with van der Waals surface area (Å²) in [7, 11) is 0. The van der Waals surface area contributed by atoms with E-state index in [4.69, 9.17) is 0 Å². The average molecular weight is 456 g/mol. The van der Waals surface area contributed by atoms with Crippen molar-refractivity contribution in [3.8, 4) is 0 Å². The van der Waals surface area contributed by atoms with Crippen LogP contribution in [0.4, 0.5) is 5.69 Å². The molecule has 1 heterocycles. The quantitative estimate of drug-likeness (QED) is 0.487. The van der Waals surface area contributed by atoms with Crippen molar-refractivity contribution in [3.63, 3.8) is 0 Å². The van der Waals surface area contributed by atoms with Gasteiger partial charge in [-0.3, -0.25) is 14.7 Å². The number of hydrogen-bond donors (Lipinski definition) is 2. The van der Waals surface area contributed by atoms with Crippen molar-refractivity contribution in [3.05, 3.63) is 102 Å². The van der Waals surface area contributed by atoms with E-state index in [1.807, 2.05) is 72.8 Å². The molecule has 2 atom stereocenters. The molecule has 6 nitrogen and oxygen atoms in total. The molecule has 3 aromatic rings. The summed E-state index contributed by atoms with van der Waals surface area (Å²) < 4.78 is 0. The monoisotopic (exact) mass is 455 g/mol. The Bertz CT molecular complexity index is 1160. The fraction of sp³-hybridized carbons (Fsp3) is 0.250. The Morgan fingerprint density at radius 1 is 1.00 bits per heavy atom. The fourth-order valence-electron chi connectivity index (χ4n) is 4.29. The van der Waals surface area contributed by atoms with Crippen molar-refractivity contribution in [1.29, 1.82) is 0 Å². The molecule has 1 fully saturated rings. The van der Waals surface area contributed by atoms with Crippen LogP contribution in [0, 0.1) is 0 Å². The van der Waals surface area contributed by atoms with Crippen molar-refractivity contribution >= 4 is 23.3 Å².